The Morgan fingerprint density at radius 3 is 2.79 bits per heavy atom. The van der Waals surface area contributed by atoms with Gasteiger partial charge in [-0.05, 0) is 36.4 Å². The first kappa shape index (κ1) is 10.5. The van der Waals surface area contributed by atoms with Crippen LogP contribution in [0.3, 0.4) is 0 Å². The molecule has 0 spiro atoms. The molecule has 78 valence electrons. The topological polar surface area (TPSA) is 12.0 Å². The van der Waals surface area contributed by atoms with Gasteiger partial charge in [0.15, 0.2) is 0 Å². The summed E-state index contributed by atoms with van der Waals surface area (Å²) < 4.78 is 0. The summed E-state index contributed by atoms with van der Waals surface area (Å²) in [6.45, 7) is 5.75. The number of hydrogen-bond donors (Lipinski definition) is 1. The molecule has 1 fully saturated rings. The minimum absolute atomic E-state index is 0.414. The summed E-state index contributed by atoms with van der Waals surface area (Å²) >= 11 is 7.95. The van der Waals surface area contributed by atoms with Gasteiger partial charge in [0.05, 0.1) is 5.02 Å². The fourth-order valence-corrected chi connectivity index (χ4v) is 3.93. The first-order chi connectivity index (χ1) is 6.59. The van der Waals surface area contributed by atoms with Crippen LogP contribution in [0.1, 0.15) is 24.6 Å². The molecule has 1 aliphatic carbocycles. The minimum atomic E-state index is 0.414. The van der Waals surface area contributed by atoms with Crippen molar-refractivity contribution in [2.24, 2.45) is 11.3 Å². The van der Waals surface area contributed by atoms with Crippen molar-refractivity contribution < 1.29 is 0 Å². The third-order valence-electron chi connectivity index (χ3n) is 3.40. The van der Waals surface area contributed by atoms with Crippen LogP contribution in [-0.4, -0.2) is 13.6 Å². The fourth-order valence-electron chi connectivity index (χ4n) is 2.39. The van der Waals surface area contributed by atoms with Gasteiger partial charge in [-0.3, -0.25) is 0 Å². The Bertz CT molecular complexity index is 332. The average molecular weight is 230 g/mol. The Balaban J connectivity index is 2.18. The van der Waals surface area contributed by atoms with Crippen LogP contribution in [0.25, 0.3) is 0 Å². The summed E-state index contributed by atoms with van der Waals surface area (Å²) in [5.74, 6) is 1.39. The SMILES string of the molecule is CNCC1C(c2sccc2Cl)C1(C)C. The molecule has 3 heteroatoms. The van der Waals surface area contributed by atoms with Gasteiger partial charge in [-0.1, -0.05) is 25.4 Å². The molecular formula is C11H16ClNS. The van der Waals surface area contributed by atoms with E-state index in [1.807, 2.05) is 13.1 Å². The third kappa shape index (κ3) is 1.50. The molecule has 1 N–H and O–H groups in total. The van der Waals surface area contributed by atoms with E-state index in [-0.39, 0.29) is 0 Å². The molecule has 0 saturated heterocycles. The van der Waals surface area contributed by atoms with Crippen LogP contribution in [0.5, 0.6) is 0 Å². The van der Waals surface area contributed by atoms with Gasteiger partial charge in [0.1, 0.15) is 0 Å². The number of halogens is 1. The quantitative estimate of drug-likeness (QED) is 0.838. The molecule has 1 heterocycles. The first-order valence-corrected chi connectivity index (χ1v) is 6.22. The van der Waals surface area contributed by atoms with Gasteiger partial charge in [-0.25, -0.2) is 0 Å². The lowest BCUT2D eigenvalue weighted by Crippen LogP contribution is -2.12. The maximum absolute atomic E-state index is 6.16. The second-order valence-corrected chi connectivity index (χ2v) is 5.95. The van der Waals surface area contributed by atoms with Crippen molar-refractivity contribution in [3.8, 4) is 0 Å². The largest absolute Gasteiger partial charge is 0.319 e. The van der Waals surface area contributed by atoms with Gasteiger partial charge in [0.25, 0.3) is 0 Å². The standard InChI is InChI=1S/C11H16ClNS/c1-11(2)7(6-13-3)9(11)10-8(12)4-5-14-10/h4-5,7,9,13H,6H2,1-3H3. The van der Waals surface area contributed by atoms with Crippen LogP contribution in [0.4, 0.5) is 0 Å². The number of nitrogens with one attached hydrogen (secondary N) is 1. The fraction of sp³-hybridized carbons (Fsp3) is 0.636. The summed E-state index contributed by atoms with van der Waals surface area (Å²) in [5.41, 5.74) is 0.414. The van der Waals surface area contributed by atoms with Gasteiger partial charge < -0.3 is 5.32 Å². The van der Waals surface area contributed by atoms with Crippen molar-refractivity contribution in [2.75, 3.05) is 13.6 Å². The molecule has 1 aliphatic rings. The predicted molar refractivity (Wildman–Crippen MR) is 63.3 cm³/mol. The lowest BCUT2D eigenvalue weighted by atomic mass is 10.1. The lowest BCUT2D eigenvalue weighted by Gasteiger charge is -2.00. The first-order valence-electron chi connectivity index (χ1n) is 4.96. The number of rotatable bonds is 3. The highest BCUT2D eigenvalue weighted by Crippen LogP contribution is 2.65. The van der Waals surface area contributed by atoms with E-state index in [1.54, 1.807) is 11.3 Å². The van der Waals surface area contributed by atoms with E-state index in [9.17, 15) is 0 Å². The van der Waals surface area contributed by atoms with Crippen LogP contribution in [0.15, 0.2) is 11.4 Å². The van der Waals surface area contributed by atoms with E-state index >= 15 is 0 Å². The predicted octanol–water partition coefficient (Wildman–Crippen LogP) is 3.36. The van der Waals surface area contributed by atoms with E-state index in [2.05, 4.69) is 24.5 Å². The highest BCUT2D eigenvalue weighted by molar-refractivity contribution is 7.10. The molecule has 2 unspecified atom stereocenters. The van der Waals surface area contributed by atoms with Crippen LogP contribution < -0.4 is 5.32 Å². The van der Waals surface area contributed by atoms with Crippen molar-refractivity contribution in [1.29, 1.82) is 0 Å². The molecule has 2 rings (SSSR count). The maximum Gasteiger partial charge on any atom is 0.0548 e. The van der Waals surface area contributed by atoms with Gasteiger partial charge in [0, 0.05) is 10.8 Å². The summed E-state index contributed by atoms with van der Waals surface area (Å²) in [5, 5.41) is 6.29. The molecule has 0 radical (unpaired) electrons. The van der Waals surface area contributed by atoms with Gasteiger partial charge in [0.2, 0.25) is 0 Å². The van der Waals surface area contributed by atoms with Crippen molar-refractivity contribution in [3.05, 3.63) is 21.3 Å². The second-order valence-electron chi connectivity index (χ2n) is 4.60. The summed E-state index contributed by atoms with van der Waals surface area (Å²) in [4.78, 5) is 1.37. The molecule has 0 amide bonds. The van der Waals surface area contributed by atoms with Crippen molar-refractivity contribution in [2.45, 2.75) is 19.8 Å². The monoisotopic (exact) mass is 229 g/mol. The zero-order valence-corrected chi connectivity index (χ0v) is 10.4. The van der Waals surface area contributed by atoms with Crippen LogP contribution >= 0.6 is 22.9 Å². The molecule has 1 nitrogen and oxygen atoms in total. The van der Waals surface area contributed by atoms with E-state index in [0.717, 1.165) is 17.5 Å². The van der Waals surface area contributed by atoms with E-state index in [1.165, 1.54) is 4.88 Å². The Hall–Kier alpha value is -0.0500. The smallest absolute Gasteiger partial charge is 0.0548 e. The number of thiophene rings is 1. The zero-order valence-electron chi connectivity index (χ0n) is 8.80. The molecule has 1 saturated carbocycles. The van der Waals surface area contributed by atoms with Gasteiger partial charge in [-0.2, -0.15) is 0 Å². The van der Waals surface area contributed by atoms with Crippen LogP contribution in [0.2, 0.25) is 5.02 Å². The lowest BCUT2D eigenvalue weighted by molar-refractivity contribution is 0.537. The zero-order chi connectivity index (χ0) is 10.3. The van der Waals surface area contributed by atoms with Crippen molar-refractivity contribution in [3.63, 3.8) is 0 Å². The highest BCUT2D eigenvalue weighted by atomic mass is 35.5. The molecule has 1 aromatic heterocycles. The maximum atomic E-state index is 6.16. The molecule has 1 aromatic rings. The van der Waals surface area contributed by atoms with E-state index in [0.29, 0.717) is 11.3 Å². The normalized spacial score (nSPS) is 29.1. The number of hydrogen-bond acceptors (Lipinski definition) is 2. The summed E-state index contributed by atoms with van der Waals surface area (Å²) in [6.07, 6.45) is 0. The Morgan fingerprint density at radius 1 is 1.57 bits per heavy atom. The molecule has 14 heavy (non-hydrogen) atoms. The Morgan fingerprint density at radius 2 is 2.29 bits per heavy atom. The van der Waals surface area contributed by atoms with Gasteiger partial charge >= 0.3 is 0 Å². The Labute approximate surface area is 94.5 Å². The average Bonchev–Trinajstić information content (AvgIpc) is 2.46. The van der Waals surface area contributed by atoms with E-state index in [4.69, 9.17) is 11.6 Å². The van der Waals surface area contributed by atoms with Crippen LogP contribution in [0, 0.1) is 11.3 Å². The summed E-state index contributed by atoms with van der Waals surface area (Å²) in [6, 6.07) is 2.01. The molecule has 0 aliphatic heterocycles. The van der Waals surface area contributed by atoms with E-state index < -0.39 is 0 Å². The third-order valence-corrected chi connectivity index (χ3v) is 4.84. The van der Waals surface area contributed by atoms with Crippen LogP contribution in [-0.2, 0) is 0 Å². The Kier molecular flexibility index (Phi) is 2.63. The van der Waals surface area contributed by atoms with Crippen molar-refractivity contribution >= 4 is 22.9 Å². The summed E-state index contributed by atoms with van der Waals surface area (Å²) in [7, 11) is 2.02. The van der Waals surface area contributed by atoms with Crippen molar-refractivity contribution in [1.82, 2.24) is 5.32 Å². The molecular weight excluding hydrogens is 214 g/mol. The molecule has 0 aromatic carbocycles. The second kappa shape index (κ2) is 3.51. The van der Waals surface area contributed by atoms with Gasteiger partial charge in [-0.15, -0.1) is 11.3 Å². The highest BCUT2D eigenvalue weighted by Gasteiger charge is 2.58. The minimum Gasteiger partial charge on any atom is -0.319 e. The molecule has 0 bridgehead atoms. The molecule has 2 atom stereocenters.